The largest absolute Gasteiger partial charge is 0.469 e. The molecule has 0 saturated carbocycles. The first kappa shape index (κ1) is 13.5. The Morgan fingerprint density at radius 2 is 2.00 bits per heavy atom. The van der Waals surface area contributed by atoms with Gasteiger partial charge in [0.05, 0.1) is 22.4 Å². The van der Waals surface area contributed by atoms with Gasteiger partial charge in [0.25, 0.3) is 0 Å². The van der Waals surface area contributed by atoms with Crippen molar-refractivity contribution in [2.45, 2.75) is 25.4 Å². The summed E-state index contributed by atoms with van der Waals surface area (Å²) in [5, 5.41) is 11.0. The van der Waals surface area contributed by atoms with Crippen LogP contribution in [0.5, 0.6) is 0 Å². The van der Waals surface area contributed by atoms with Crippen LogP contribution in [-0.2, 0) is 12.8 Å². The van der Waals surface area contributed by atoms with Gasteiger partial charge in [0, 0.05) is 6.42 Å². The third-order valence-electron chi connectivity index (χ3n) is 2.79. The number of hydrogen-bond acceptors (Lipinski definition) is 2. The van der Waals surface area contributed by atoms with Crippen LogP contribution >= 0.6 is 23.2 Å². The molecule has 0 fully saturated rings. The third-order valence-corrected chi connectivity index (χ3v) is 3.65. The molecular weight excluding hydrogens is 271 g/mol. The Balaban J connectivity index is 1.90. The molecular formula is C14H14Cl2O2. The van der Waals surface area contributed by atoms with Crippen LogP contribution in [0.2, 0.25) is 10.0 Å². The number of aliphatic hydroxyl groups excluding tert-OH is 1. The summed E-state index contributed by atoms with van der Waals surface area (Å²) < 4.78 is 5.22. The molecule has 1 N–H and O–H groups in total. The highest BCUT2D eigenvalue weighted by Gasteiger charge is 2.11. The number of rotatable bonds is 5. The van der Waals surface area contributed by atoms with Gasteiger partial charge < -0.3 is 9.52 Å². The van der Waals surface area contributed by atoms with Gasteiger partial charge in [0.2, 0.25) is 0 Å². The monoisotopic (exact) mass is 284 g/mol. The average molecular weight is 285 g/mol. The van der Waals surface area contributed by atoms with Crippen molar-refractivity contribution in [3.05, 3.63) is 58.0 Å². The number of aliphatic hydroxyl groups is 1. The van der Waals surface area contributed by atoms with E-state index in [1.807, 2.05) is 24.3 Å². The fraction of sp³-hybridized carbons (Fsp3) is 0.286. The van der Waals surface area contributed by atoms with E-state index in [1.165, 1.54) is 0 Å². The lowest BCUT2D eigenvalue weighted by Crippen LogP contribution is -2.11. The second-order valence-electron chi connectivity index (χ2n) is 4.19. The maximum atomic E-state index is 9.97. The lowest BCUT2D eigenvalue weighted by atomic mass is 10.0. The van der Waals surface area contributed by atoms with E-state index < -0.39 is 6.10 Å². The number of furan rings is 1. The van der Waals surface area contributed by atoms with E-state index in [4.69, 9.17) is 27.6 Å². The van der Waals surface area contributed by atoms with E-state index in [0.717, 1.165) is 11.3 Å². The lowest BCUT2D eigenvalue weighted by molar-refractivity contribution is 0.163. The standard InChI is InChI=1S/C14H14Cl2O2/c15-13-5-1-3-10(14(13)16)9-11(17)6-7-12-4-2-8-18-12/h1-5,8,11,17H,6-7,9H2. The summed E-state index contributed by atoms with van der Waals surface area (Å²) in [6, 6.07) is 9.20. The SMILES string of the molecule is OC(CCc1ccco1)Cc1cccc(Cl)c1Cl. The van der Waals surface area contributed by atoms with E-state index in [1.54, 1.807) is 12.3 Å². The van der Waals surface area contributed by atoms with Crippen molar-refractivity contribution in [1.82, 2.24) is 0 Å². The quantitative estimate of drug-likeness (QED) is 0.896. The van der Waals surface area contributed by atoms with Gasteiger partial charge in [-0.1, -0.05) is 35.3 Å². The Labute approximate surface area is 116 Å². The molecule has 2 aromatic rings. The van der Waals surface area contributed by atoms with Gasteiger partial charge in [-0.25, -0.2) is 0 Å². The van der Waals surface area contributed by atoms with Crippen LogP contribution in [0.1, 0.15) is 17.7 Å². The second kappa shape index (κ2) is 6.28. The van der Waals surface area contributed by atoms with Crippen LogP contribution in [0.25, 0.3) is 0 Å². The summed E-state index contributed by atoms with van der Waals surface area (Å²) in [6.45, 7) is 0. The number of hydrogen-bond donors (Lipinski definition) is 1. The Kier molecular flexibility index (Phi) is 4.70. The van der Waals surface area contributed by atoms with Gasteiger partial charge >= 0.3 is 0 Å². The Morgan fingerprint density at radius 3 is 2.72 bits per heavy atom. The fourth-order valence-corrected chi connectivity index (χ4v) is 2.22. The summed E-state index contributed by atoms with van der Waals surface area (Å²) in [5.74, 6) is 0.881. The molecule has 1 aromatic carbocycles. The van der Waals surface area contributed by atoms with Crippen LogP contribution in [0, 0.1) is 0 Å². The molecule has 0 aliphatic carbocycles. The molecule has 18 heavy (non-hydrogen) atoms. The maximum Gasteiger partial charge on any atom is 0.103 e. The molecule has 0 aliphatic heterocycles. The molecule has 0 radical (unpaired) electrons. The molecule has 2 nitrogen and oxygen atoms in total. The average Bonchev–Trinajstić information content (AvgIpc) is 2.86. The van der Waals surface area contributed by atoms with Crippen molar-refractivity contribution in [3.8, 4) is 0 Å². The first-order valence-corrected chi connectivity index (χ1v) is 6.55. The van der Waals surface area contributed by atoms with Gasteiger partial charge in [-0.15, -0.1) is 0 Å². The Hall–Kier alpha value is -0.960. The molecule has 2 rings (SSSR count). The molecule has 1 unspecified atom stereocenters. The molecule has 0 aliphatic rings. The summed E-state index contributed by atoms with van der Waals surface area (Å²) >= 11 is 12.0. The molecule has 0 bridgehead atoms. The minimum Gasteiger partial charge on any atom is -0.469 e. The van der Waals surface area contributed by atoms with E-state index in [9.17, 15) is 5.11 Å². The predicted octanol–water partition coefficient (Wildman–Crippen LogP) is 4.12. The Morgan fingerprint density at radius 1 is 1.17 bits per heavy atom. The summed E-state index contributed by atoms with van der Waals surface area (Å²) in [4.78, 5) is 0. The Bertz CT molecular complexity index is 495. The molecule has 0 saturated heterocycles. The lowest BCUT2D eigenvalue weighted by Gasteiger charge is -2.11. The molecule has 1 aromatic heterocycles. The molecule has 1 atom stereocenters. The van der Waals surface area contributed by atoms with Gasteiger partial charge in [0.1, 0.15) is 5.76 Å². The molecule has 96 valence electrons. The maximum absolute atomic E-state index is 9.97. The van der Waals surface area contributed by atoms with E-state index in [2.05, 4.69) is 0 Å². The first-order chi connectivity index (χ1) is 8.66. The summed E-state index contributed by atoms with van der Waals surface area (Å²) in [5.41, 5.74) is 0.871. The topological polar surface area (TPSA) is 33.4 Å². The van der Waals surface area contributed by atoms with Crippen molar-refractivity contribution in [3.63, 3.8) is 0 Å². The molecule has 1 heterocycles. The smallest absolute Gasteiger partial charge is 0.103 e. The van der Waals surface area contributed by atoms with Gasteiger partial charge in [-0.3, -0.25) is 0 Å². The van der Waals surface area contributed by atoms with Crippen LogP contribution < -0.4 is 0 Å². The van der Waals surface area contributed by atoms with Crippen molar-refractivity contribution in [2.24, 2.45) is 0 Å². The zero-order valence-electron chi connectivity index (χ0n) is 9.77. The molecule has 4 heteroatoms. The highest BCUT2D eigenvalue weighted by Crippen LogP contribution is 2.26. The fourth-order valence-electron chi connectivity index (χ4n) is 1.83. The van der Waals surface area contributed by atoms with Crippen molar-refractivity contribution in [1.29, 1.82) is 0 Å². The second-order valence-corrected chi connectivity index (χ2v) is 4.97. The number of halogens is 2. The molecule has 0 spiro atoms. The van der Waals surface area contributed by atoms with Crippen molar-refractivity contribution < 1.29 is 9.52 Å². The van der Waals surface area contributed by atoms with Crippen molar-refractivity contribution in [2.75, 3.05) is 0 Å². The van der Waals surface area contributed by atoms with E-state index in [-0.39, 0.29) is 0 Å². The van der Waals surface area contributed by atoms with E-state index in [0.29, 0.717) is 29.3 Å². The van der Waals surface area contributed by atoms with Crippen molar-refractivity contribution >= 4 is 23.2 Å². The van der Waals surface area contributed by atoms with Gasteiger partial charge in [-0.05, 0) is 36.6 Å². The molecule has 0 amide bonds. The zero-order valence-corrected chi connectivity index (χ0v) is 11.3. The van der Waals surface area contributed by atoms with Crippen LogP contribution in [-0.4, -0.2) is 11.2 Å². The predicted molar refractivity (Wildman–Crippen MR) is 73.2 cm³/mol. The third kappa shape index (κ3) is 3.52. The summed E-state index contributed by atoms with van der Waals surface area (Å²) in [7, 11) is 0. The number of benzene rings is 1. The highest BCUT2D eigenvalue weighted by molar-refractivity contribution is 6.42. The van der Waals surface area contributed by atoms with E-state index >= 15 is 0 Å². The first-order valence-electron chi connectivity index (χ1n) is 5.80. The van der Waals surface area contributed by atoms with Crippen LogP contribution in [0.3, 0.4) is 0 Å². The minimum atomic E-state index is -0.453. The zero-order chi connectivity index (χ0) is 13.0. The van der Waals surface area contributed by atoms with Gasteiger partial charge in [-0.2, -0.15) is 0 Å². The van der Waals surface area contributed by atoms with Gasteiger partial charge in [0.15, 0.2) is 0 Å². The van der Waals surface area contributed by atoms with Crippen LogP contribution in [0.4, 0.5) is 0 Å². The summed E-state index contributed by atoms with van der Waals surface area (Å²) in [6.07, 6.45) is 3.03. The minimum absolute atomic E-state index is 0.453. The highest BCUT2D eigenvalue weighted by atomic mass is 35.5. The normalized spacial score (nSPS) is 12.6. The number of aryl methyl sites for hydroxylation is 1. The van der Waals surface area contributed by atoms with Crippen LogP contribution in [0.15, 0.2) is 41.0 Å².